The lowest BCUT2D eigenvalue weighted by molar-refractivity contribution is -0.189. The van der Waals surface area contributed by atoms with Crippen molar-refractivity contribution in [3.63, 3.8) is 0 Å². The molecule has 2 aliphatic carbocycles. The second kappa shape index (κ2) is 5.81. The van der Waals surface area contributed by atoms with Crippen LogP contribution in [0.1, 0.15) is 58.3 Å². The number of nitrogens with one attached hydrogen (secondary N) is 1. The zero-order chi connectivity index (χ0) is 13.2. The van der Waals surface area contributed by atoms with Gasteiger partial charge in [-0.2, -0.15) is 13.2 Å². The molecule has 0 bridgehead atoms. The summed E-state index contributed by atoms with van der Waals surface area (Å²) in [5, 5.41) is 3.32. The molecule has 0 radical (unpaired) electrons. The van der Waals surface area contributed by atoms with E-state index in [1.807, 2.05) is 0 Å². The molecule has 1 N–H and O–H groups in total. The van der Waals surface area contributed by atoms with Crippen LogP contribution < -0.4 is 5.32 Å². The molecule has 4 unspecified atom stereocenters. The fraction of sp³-hybridized carbons (Fsp3) is 1.00. The topological polar surface area (TPSA) is 12.0 Å². The Kier molecular flexibility index (Phi) is 4.57. The number of hydrogen-bond acceptors (Lipinski definition) is 1. The predicted molar refractivity (Wildman–Crippen MR) is 66.4 cm³/mol. The number of hydrogen-bond donors (Lipinski definition) is 1. The molecule has 0 heterocycles. The molecule has 2 saturated carbocycles. The average molecular weight is 263 g/mol. The molecule has 0 saturated heterocycles. The van der Waals surface area contributed by atoms with Gasteiger partial charge in [0, 0.05) is 12.1 Å². The van der Waals surface area contributed by atoms with Crippen LogP contribution in [0.4, 0.5) is 13.2 Å². The van der Waals surface area contributed by atoms with Crippen molar-refractivity contribution in [2.24, 2.45) is 11.8 Å². The van der Waals surface area contributed by atoms with E-state index in [0.717, 1.165) is 38.0 Å². The van der Waals surface area contributed by atoms with E-state index in [1.165, 1.54) is 6.42 Å². The summed E-state index contributed by atoms with van der Waals surface area (Å²) in [6.45, 7) is 2.17. The van der Waals surface area contributed by atoms with Gasteiger partial charge in [0.2, 0.25) is 0 Å². The Morgan fingerprint density at radius 1 is 1.06 bits per heavy atom. The molecule has 1 nitrogen and oxygen atoms in total. The molecule has 2 aliphatic rings. The normalized spacial score (nSPS) is 38.0. The third-order valence-corrected chi connectivity index (χ3v) is 4.75. The largest absolute Gasteiger partial charge is 0.393 e. The third kappa shape index (κ3) is 3.40. The van der Waals surface area contributed by atoms with Gasteiger partial charge in [0.1, 0.15) is 0 Å². The standard InChI is InChI=1S/C14H24F3N/c1-2-10-7-8-11(9-10)18-13-6-4-3-5-12(13)14(15,16)17/h10-13,18H,2-9H2,1H3. The van der Waals surface area contributed by atoms with Gasteiger partial charge >= 0.3 is 6.18 Å². The van der Waals surface area contributed by atoms with E-state index in [0.29, 0.717) is 18.9 Å². The Bertz CT molecular complexity index is 264. The molecule has 2 rings (SSSR count). The van der Waals surface area contributed by atoms with Crippen LogP contribution in [0.3, 0.4) is 0 Å². The third-order valence-electron chi connectivity index (χ3n) is 4.75. The number of halogens is 3. The van der Waals surface area contributed by atoms with Crippen LogP contribution in [0.5, 0.6) is 0 Å². The van der Waals surface area contributed by atoms with Crippen molar-refractivity contribution in [2.75, 3.05) is 0 Å². The van der Waals surface area contributed by atoms with Gasteiger partial charge in [0.25, 0.3) is 0 Å². The summed E-state index contributed by atoms with van der Waals surface area (Å²) in [5.74, 6) is -0.401. The summed E-state index contributed by atoms with van der Waals surface area (Å²) >= 11 is 0. The van der Waals surface area contributed by atoms with Gasteiger partial charge in [-0.05, 0) is 38.0 Å². The summed E-state index contributed by atoms with van der Waals surface area (Å²) in [6.07, 6.45) is 3.10. The summed E-state index contributed by atoms with van der Waals surface area (Å²) in [4.78, 5) is 0. The molecule has 0 aliphatic heterocycles. The van der Waals surface area contributed by atoms with Gasteiger partial charge in [-0.1, -0.05) is 26.2 Å². The number of rotatable bonds is 3. The van der Waals surface area contributed by atoms with Crippen LogP contribution in [-0.4, -0.2) is 18.3 Å². The van der Waals surface area contributed by atoms with Crippen LogP contribution in [0.25, 0.3) is 0 Å². The average Bonchev–Trinajstić information content (AvgIpc) is 2.76. The van der Waals surface area contributed by atoms with Gasteiger partial charge in [-0.15, -0.1) is 0 Å². The quantitative estimate of drug-likeness (QED) is 0.801. The molecule has 4 atom stereocenters. The minimum atomic E-state index is -4.03. The molecule has 4 heteroatoms. The van der Waals surface area contributed by atoms with Crippen molar-refractivity contribution >= 4 is 0 Å². The molecule has 0 aromatic heterocycles. The van der Waals surface area contributed by atoms with Crippen LogP contribution in [-0.2, 0) is 0 Å². The van der Waals surface area contributed by atoms with Gasteiger partial charge in [-0.25, -0.2) is 0 Å². The van der Waals surface area contributed by atoms with E-state index in [9.17, 15) is 13.2 Å². The van der Waals surface area contributed by atoms with Gasteiger partial charge in [0.15, 0.2) is 0 Å². The minimum absolute atomic E-state index is 0.311. The summed E-state index contributed by atoms with van der Waals surface area (Å²) in [5.41, 5.74) is 0. The highest BCUT2D eigenvalue weighted by molar-refractivity contribution is 4.90. The molecule has 0 spiro atoms. The van der Waals surface area contributed by atoms with Crippen LogP contribution in [0.2, 0.25) is 0 Å². The molecule has 0 aromatic rings. The highest BCUT2D eigenvalue weighted by Gasteiger charge is 2.46. The van der Waals surface area contributed by atoms with Crippen molar-refractivity contribution in [3.05, 3.63) is 0 Å². The first-order chi connectivity index (χ1) is 8.50. The highest BCUT2D eigenvalue weighted by atomic mass is 19.4. The Balaban J connectivity index is 1.90. The maximum absolute atomic E-state index is 13.0. The lowest BCUT2D eigenvalue weighted by atomic mass is 9.83. The first-order valence-corrected chi connectivity index (χ1v) is 7.33. The van der Waals surface area contributed by atoms with E-state index in [4.69, 9.17) is 0 Å². The maximum atomic E-state index is 13.0. The maximum Gasteiger partial charge on any atom is 0.393 e. The molecule has 0 amide bonds. The van der Waals surface area contributed by atoms with E-state index in [2.05, 4.69) is 12.2 Å². The van der Waals surface area contributed by atoms with Gasteiger partial charge < -0.3 is 5.32 Å². The van der Waals surface area contributed by atoms with Gasteiger partial charge in [0.05, 0.1) is 5.92 Å². The van der Waals surface area contributed by atoms with E-state index in [1.54, 1.807) is 0 Å². The zero-order valence-electron chi connectivity index (χ0n) is 11.1. The van der Waals surface area contributed by atoms with Crippen molar-refractivity contribution in [1.82, 2.24) is 5.32 Å². The fourth-order valence-electron chi connectivity index (χ4n) is 3.62. The first kappa shape index (κ1) is 14.2. The molecule has 106 valence electrons. The van der Waals surface area contributed by atoms with Crippen molar-refractivity contribution in [1.29, 1.82) is 0 Å². The van der Waals surface area contributed by atoms with Crippen LogP contribution in [0, 0.1) is 11.8 Å². The summed E-state index contributed by atoms with van der Waals surface area (Å²) in [6, 6.07) is -0.0118. The van der Waals surface area contributed by atoms with E-state index in [-0.39, 0.29) is 6.04 Å². The molecule has 0 aromatic carbocycles. The minimum Gasteiger partial charge on any atom is -0.311 e. The molecular formula is C14H24F3N. The summed E-state index contributed by atoms with van der Waals surface area (Å²) < 4.78 is 38.9. The van der Waals surface area contributed by atoms with Crippen molar-refractivity contribution in [3.8, 4) is 0 Å². The Hall–Kier alpha value is -0.250. The van der Waals surface area contributed by atoms with Crippen LogP contribution >= 0.6 is 0 Å². The molecule has 2 fully saturated rings. The number of alkyl halides is 3. The second-order valence-corrected chi connectivity index (χ2v) is 5.99. The highest BCUT2D eigenvalue weighted by Crippen LogP contribution is 2.39. The second-order valence-electron chi connectivity index (χ2n) is 5.99. The van der Waals surface area contributed by atoms with Crippen LogP contribution in [0.15, 0.2) is 0 Å². The first-order valence-electron chi connectivity index (χ1n) is 7.33. The fourth-order valence-corrected chi connectivity index (χ4v) is 3.62. The lowest BCUT2D eigenvalue weighted by Crippen LogP contribution is -2.48. The molecular weight excluding hydrogens is 239 g/mol. The Labute approximate surface area is 108 Å². The predicted octanol–water partition coefficient (Wildman–Crippen LogP) is 4.28. The van der Waals surface area contributed by atoms with E-state index >= 15 is 0 Å². The van der Waals surface area contributed by atoms with Gasteiger partial charge in [-0.3, -0.25) is 0 Å². The zero-order valence-corrected chi connectivity index (χ0v) is 11.1. The van der Waals surface area contributed by atoms with E-state index < -0.39 is 12.1 Å². The Morgan fingerprint density at radius 3 is 2.39 bits per heavy atom. The van der Waals surface area contributed by atoms with Crippen molar-refractivity contribution in [2.45, 2.75) is 76.6 Å². The SMILES string of the molecule is CCC1CCC(NC2CCCCC2C(F)(F)F)C1. The summed E-state index contributed by atoms with van der Waals surface area (Å²) in [7, 11) is 0. The monoisotopic (exact) mass is 263 g/mol. The Morgan fingerprint density at radius 2 is 1.78 bits per heavy atom. The molecule has 18 heavy (non-hydrogen) atoms. The van der Waals surface area contributed by atoms with Crippen molar-refractivity contribution < 1.29 is 13.2 Å². The lowest BCUT2D eigenvalue weighted by Gasteiger charge is -2.35. The smallest absolute Gasteiger partial charge is 0.311 e.